The fraction of sp³-hybridized carbons (Fsp3) is 0.200. The Bertz CT molecular complexity index is 900. The summed E-state index contributed by atoms with van der Waals surface area (Å²) in [4.78, 5) is 24.2. The molecule has 2 amide bonds. The van der Waals surface area contributed by atoms with Crippen molar-refractivity contribution in [1.29, 1.82) is 0 Å². The summed E-state index contributed by atoms with van der Waals surface area (Å²) >= 11 is 0. The molecule has 1 atom stereocenters. The lowest BCUT2D eigenvalue weighted by Crippen LogP contribution is -2.47. The molecule has 27 heavy (non-hydrogen) atoms. The highest BCUT2D eigenvalue weighted by Crippen LogP contribution is 2.19. The lowest BCUT2D eigenvalue weighted by Gasteiger charge is -2.15. The highest BCUT2D eigenvalue weighted by Gasteiger charge is 2.17. The van der Waals surface area contributed by atoms with Crippen LogP contribution in [-0.2, 0) is 4.79 Å². The molecule has 0 saturated carbocycles. The van der Waals surface area contributed by atoms with Crippen LogP contribution in [0.15, 0.2) is 59.0 Å². The van der Waals surface area contributed by atoms with Crippen molar-refractivity contribution in [2.75, 3.05) is 6.61 Å². The molecule has 0 aliphatic carbocycles. The number of nitrogens with one attached hydrogen (secondary N) is 2. The molecule has 2 aromatic carbocycles. The Hall–Kier alpha value is -3.48. The van der Waals surface area contributed by atoms with E-state index >= 15 is 0 Å². The molecule has 0 spiro atoms. The van der Waals surface area contributed by atoms with Crippen LogP contribution in [0.25, 0.3) is 11.0 Å². The number of hydrazine groups is 1. The lowest BCUT2D eigenvalue weighted by molar-refractivity contribution is -0.128. The van der Waals surface area contributed by atoms with Crippen LogP contribution in [0.2, 0.25) is 0 Å². The molecule has 0 bridgehead atoms. The van der Waals surface area contributed by atoms with E-state index < -0.39 is 17.9 Å². The van der Waals surface area contributed by atoms with Crippen molar-refractivity contribution in [1.82, 2.24) is 10.9 Å². The minimum Gasteiger partial charge on any atom is -0.494 e. The van der Waals surface area contributed by atoms with Crippen molar-refractivity contribution in [2.45, 2.75) is 20.0 Å². The molecule has 7 nitrogen and oxygen atoms in total. The zero-order chi connectivity index (χ0) is 19.2. The van der Waals surface area contributed by atoms with E-state index in [9.17, 15) is 9.59 Å². The van der Waals surface area contributed by atoms with Crippen LogP contribution >= 0.6 is 0 Å². The molecule has 2 N–H and O–H groups in total. The summed E-state index contributed by atoms with van der Waals surface area (Å²) < 4.78 is 16.3. The summed E-state index contributed by atoms with van der Waals surface area (Å²) in [6.45, 7) is 4.06. The number of hydrogen-bond acceptors (Lipinski definition) is 5. The number of rotatable bonds is 6. The first-order valence-corrected chi connectivity index (χ1v) is 8.55. The third kappa shape index (κ3) is 4.58. The Morgan fingerprint density at radius 2 is 1.74 bits per heavy atom. The molecular formula is C20H20N2O5. The SMILES string of the molecule is CCOc1ccc(O[C@H](C)C(=O)NNC(=O)c2cc3ccccc3o2)cc1. The molecule has 0 aliphatic rings. The lowest BCUT2D eigenvalue weighted by atomic mass is 10.2. The maximum atomic E-state index is 12.1. The summed E-state index contributed by atoms with van der Waals surface area (Å²) in [5, 5.41) is 0.807. The zero-order valence-electron chi connectivity index (χ0n) is 15.0. The second kappa shape index (κ2) is 8.27. The molecule has 3 aromatic rings. The Kier molecular flexibility index (Phi) is 5.61. The van der Waals surface area contributed by atoms with Crippen molar-refractivity contribution in [3.63, 3.8) is 0 Å². The van der Waals surface area contributed by atoms with Gasteiger partial charge in [0.15, 0.2) is 11.9 Å². The van der Waals surface area contributed by atoms with Crippen molar-refractivity contribution in [3.05, 3.63) is 60.4 Å². The Morgan fingerprint density at radius 1 is 1.04 bits per heavy atom. The second-order valence-electron chi connectivity index (χ2n) is 5.76. The van der Waals surface area contributed by atoms with E-state index in [1.54, 1.807) is 43.3 Å². The van der Waals surface area contributed by atoms with Gasteiger partial charge in [0.1, 0.15) is 17.1 Å². The van der Waals surface area contributed by atoms with Crippen molar-refractivity contribution in [2.24, 2.45) is 0 Å². The fourth-order valence-corrected chi connectivity index (χ4v) is 2.41. The van der Waals surface area contributed by atoms with Gasteiger partial charge in [-0.05, 0) is 50.2 Å². The topological polar surface area (TPSA) is 89.8 Å². The van der Waals surface area contributed by atoms with E-state index in [-0.39, 0.29) is 5.76 Å². The number of fused-ring (bicyclic) bond motifs is 1. The number of ether oxygens (including phenoxy) is 2. The van der Waals surface area contributed by atoms with Gasteiger partial charge < -0.3 is 13.9 Å². The van der Waals surface area contributed by atoms with Crippen LogP contribution in [0.4, 0.5) is 0 Å². The first-order chi connectivity index (χ1) is 13.1. The predicted octanol–water partition coefficient (Wildman–Crippen LogP) is 3.06. The average Bonchev–Trinajstić information content (AvgIpc) is 3.12. The van der Waals surface area contributed by atoms with Gasteiger partial charge in [-0.2, -0.15) is 0 Å². The molecule has 0 radical (unpaired) electrons. The molecule has 0 saturated heterocycles. The Morgan fingerprint density at radius 3 is 2.44 bits per heavy atom. The second-order valence-corrected chi connectivity index (χ2v) is 5.76. The van der Waals surface area contributed by atoms with Gasteiger partial charge in [0.05, 0.1) is 6.61 Å². The maximum Gasteiger partial charge on any atom is 0.305 e. The van der Waals surface area contributed by atoms with Gasteiger partial charge in [-0.25, -0.2) is 0 Å². The van der Waals surface area contributed by atoms with Gasteiger partial charge in [0, 0.05) is 5.39 Å². The van der Waals surface area contributed by atoms with Crippen molar-refractivity contribution in [3.8, 4) is 11.5 Å². The number of carbonyl (C=O) groups excluding carboxylic acids is 2. The van der Waals surface area contributed by atoms with Gasteiger partial charge in [-0.3, -0.25) is 20.4 Å². The third-order valence-corrected chi connectivity index (χ3v) is 3.77. The van der Waals surface area contributed by atoms with Crippen LogP contribution in [0.1, 0.15) is 24.4 Å². The van der Waals surface area contributed by atoms with Gasteiger partial charge >= 0.3 is 5.91 Å². The molecular weight excluding hydrogens is 348 g/mol. The van der Waals surface area contributed by atoms with E-state index in [1.807, 2.05) is 25.1 Å². The van der Waals surface area contributed by atoms with Gasteiger partial charge in [0.2, 0.25) is 0 Å². The van der Waals surface area contributed by atoms with Crippen LogP contribution in [0, 0.1) is 0 Å². The van der Waals surface area contributed by atoms with Crippen molar-refractivity contribution < 1.29 is 23.5 Å². The highest BCUT2D eigenvalue weighted by atomic mass is 16.5. The largest absolute Gasteiger partial charge is 0.494 e. The monoisotopic (exact) mass is 368 g/mol. The molecule has 140 valence electrons. The fourth-order valence-electron chi connectivity index (χ4n) is 2.41. The summed E-state index contributed by atoms with van der Waals surface area (Å²) in [6.07, 6.45) is -0.807. The van der Waals surface area contributed by atoms with Gasteiger partial charge in [-0.1, -0.05) is 18.2 Å². The molecule has 7 heteroatoms. The van der Waals surface area contributed by atoms with Crippen molar-refractivity contribution >= 4 is 22.8 Å². The average molecular weight is 368 g/mol. The third-order valence-electron chi connectivity index (χ3n) is 3.77. The molecule has 0 unspecified atom stereocenters. The van der Waals surface area contributed by atoms with E-state index in [0.717, 1.165) is 11.1 Å². The minimum atomic E-state index is -0.807. The standard InChI is InChI=1S/C20H20N2O5/c1-3-25-15-8-10-16(11-9-15)26-13(2)19(23)21-22-20(24)18-12-14-6-4-5-7-17(14)27-18/h4-13H,3H2,1-2H3,(H,21,23)(H,22,24)/t13-/m1/s1. The summed E-state index contributed by atoms with van der Waals surface area (Å²) in [5.41, 5.74) is 5.25. The van der Waals surface area contributed by atoms with Crippen LogP contribution < -0.4 is 20.3 Å². The zero-order valence-corrected chi connectivity index (χ0v) is 15.0. The normalized spacial score (nSPS) is 11.6. The maximum absolute atomic E-state index is 12.1. The minimum absolute atomic E-state index is 0.108. The summed E-state index contributed by atoms with van der Waals surface area (Å²) in [7, 11) is 0. The molecule has 1 heterocycles. The molecule has 0 aliphatic heterocycles. The van der Waals surface area contributed by atoms with Crippen LogP contribution in [0.5, 0.6) is 11.5 Å². The molecule has 3 rings (SSSR count). The van der Waals surface area contributed by atoms with E-state index in [2.05, 4.69) is 10.9 Å². The number of amides is 2. The van der Waals surface area contributed by atoms with Gasteiger partial charge in [-0.15, -0.1) is 0 Å². The van der Waals surface area contributed by atoms with Crippen LogP contribution in [0.3, 0.4) is 0 Å². The molecule has 0 fully saturated rings. The summed E-state index contributed by atoms with van der Waals surface area (Å²) in [5.74, 6) is 0.308. The number of carbonyl (C=O) groups is 2. The number of benzene rings is 2. The first-order valence-electron chi connectivity index (χ1n) is 8.55. The van der Waals surface area contributed by atoms with E-state index in [1.165, 1.54) is 0 Å². The predicted molar refractivity (Wildman–Crippen MR) is 99.5 cm³/mol. The number of para-hydroxylation sites is 1. The Labute approximate surface area is 156 Å². The number of hydrogen-bond donors (Lipinski definition) is 2. The number of furan rings is 1. The quantitative estimate of drug-likeness (QED) is 0.653. The Balaban J connectivity index is 1.52. The smallest absolute Gasteiger partial charge is 0.305 e. The van der Waals surface area contributed by atoms with E-state index in [4.69, 9.17) is 13.9 Å². The van der Waals surface area contributed by atoms with Gasteiger partial charge in [0.25, 0.3) is 5.91 Å². The molecule has 1 aromatic heterocycles. The van der Waals surface area contributed by atoms with Crippen LogP contribution in [-0.4, -0.2) is 24.5 Å². The first kappa shape index (κ1) is 18.3. The highest BCUT2D eigenvalue weighted by molar-refractivity contribution is 5.97. The summed E-state index contributed by atoms with van der Waals surface area (Å²) in [6, 6.07) is 15.8. The van der Waals surface area contributed by atoms with E-state index in [0.29, 0.717) is 17.9 Å².